The Morgan fingerprint density at radius 2 is 2.00 bits per heavy atom. The van der Waals surface area contributed by atoms with Gasteiger partial charge in [0.25, 0.3) is 0 Å². The molecule has 0 heterocycles. The highest BCUT2D eigenvalue weighted by atomic mass is 79.9. The van der Waals surface area contributed by atoms with Crippen molar-refractivity contribution in [1.82, 2.24) is 0 Å². The minimum Gasteiger partial charge on any atom is -0.399 e. The fraction of sp³-hybridized carbons (Fsp3) is 0.125. The topological polar surface area (TPSA) is 103 Å². The highest BCUT2D eigenvalue weighted by Crippen LogP contribution is 2.18. The highest BCUT2D eigenvalue weighted by Gasteiger charge is 2.18. The van der Waals surface area contributed by atoms with Crippen LogP contribution in [-0.2, 0) is 10.0 Å². The molecule has 0 aliphatic carbocycles. The third-order valence-electron chi connectivity index (χ3n) is 1.73. The molecule has 0 aliphatic rings. The molecule has 0 amide bonds. The van der Waals surface area contributed by atoms with Gasteiger partial charge in [-0.05, 0) is 18.2 Å². The van der Waals surface area contributed by atoms with E-state index < -0.39 is 10.0 Å². The lowest BCUT2D eigenvalue weighted by Gasteiger charge is -2.06. The molecule has 1 rings (SSSR count). The summed E-state index contributed by atoms with van der Waals surface area (Å²) in [6, 6.07) is 3.90. The van der Waals surface area contributed by atoms with Crippen LogP contribution in [0.15, 0.2) is 23.1 Å². The van der Waals surface area contributed by atoms with Gasteiger partial charge in [0.2, 0.25) is 10.0 Å². The molecule has 15 heavy (non-hydrogen) atoms. The standard InChI is InChI=1S/C8H9BrN2O3S/c9-4-7(12)6-3-5(10)1-2-8(6)15(11,13)14/h1-3H,4,10H2,(H2,11,13,14). The summed E-state index contributed by atoms with van der Waals surface area (Å²) in [5.41, 5.74) is 5.78. The quantitative estimate of drug-likeness (QED) is 0.481. The van der Waals surface area contributed by atoms with E-state index in [1.54, 1.807) is 0 Å². The van der Waals surface area contributed by atoms with Crippen molar-refractivity contribution in [3.05, 3.63) is 23.8 Å². The molecule has 0 bridgehead atoms. The van der Waals surface area contributed by atoms with Gasteiger partial charge in [-0.1, -0.05) is 15.9 Å². The van der Waals surface area contributed by atoms with E-state index in [2.05, 4.69) is 15.9 Å². The molecule has 0 unspecified atom stereocenters. The van der Waals surface area contributed by atoms with Crippen LogP contribution in [0, 0.1) is 0 Å². The van der Waals surface area contributed by atoms with Gasteiger partial charge in [0, 0.05) is 11.3 Å². The van der Waals surface area contributed by atoms with E-state index in [1.165, 1.54) is 18.2 Å². The number of alkyl halides is 1. The van der Waals surface area contributed by atoms with Gasteiger partial charge >= 0.3 is 0 Å². The van der Waals surface area contributed by atoms with Crippen LogP contribution in [0.25, 0.3) is 0 Å². The summed E-state index contributed by atoms with van der Waals surface area (Å²) in [4.78, 5) is 11.2. The zero-order chi connectivity index (χ0) is 11.6. The Kier molecular flexibility index (Phi) is 3.48. The molecule has 7 heteroatoms. The second-order valence-corrected chi connectivity index (χ2v) is 4.95. The summed E-state index contributed by atoms with van der Waals surface area (Å²) in [5, 5.41) is 4.98. The summed E-state index contributed by atoms with van der Waals surface area (Å²) in [7, 11) is -3.90. The molecule has 1 aromatic carbocycles. The number of carbonyl (C=O) groups excluding carboxylic acids is 1. The van der Waals surface area contributed by atoms with Gasteiger partial charge in [0.15, 0.2) is 5.78 Å². The molecule has 1 aromatic rings. The van der Waals surface area contributed by atoms with Crippen LogP contribution in [0.4, 0.5) is 5.69 Å². The number of carbonyl (C=O) groups is 1. The van der Waals surface area contributed by atoms with Crippen LogP contribution in [0.5, 0.6) is 0 Å². The van der Waals surface area contributed by atoms with Crippen LogP contribution < -0.4 is 10.9 Å². The number of anilines is 1. The molecular weight excluding hydrogens is 284 g/mol. The van der Waals surface area contributed by atoms with Crippen molar-refractivity contribution in [1.29, 1.82) is 0 Å². The molecule has 5 nitrogen and oxygen atoms in total. The second-order valence-electron chi connectivity index (χ2n) is 2.86. The van der Waals surface area contributed by atoms with Gasteiger partial charge in [-0.3, -0.25) is 4.79 Å². The molecule has 0 aromatic heterocycles. The smallest absolute Gasteiger partial charge is 0.238 e. The molecule has 0 spiro atoms. The Morgan fingerprint density at radius 1 is 1.40 bits per heavy atom. The normalized spacial score (nSPS) is 11.3. The predicted molar refractivity (Wildman–Crippen MR) is 60.4 cm³/mol. The Bertz CT molecular complexity index is 499. The number of halogens is 1. The van der Waals surface area contributed by atoms with Crippen molar-refractivity contribution in [2.45, 2.75) is 4.90 Å². The number of sulfonamides is 1. The van der Waals surface area contributed by atoms with Crippen LogP contribution in [0.3, 0.4) is 0 Å². The largest absolute Gasteiger partial charge is 0.399 e. The van der Waals surface area contributed by atoms with E-state index in [4.69, 9.17) is 10.9 Å². The molecule has 0 saturated heterocycles. The van der Waals surface area contributed by atoms with E-state index in [9.17, 15) is 13.2 Å². The van der Waals surface area contributed by atoms with Gasteiger partial charge < -0.3 is 5.73 Å². The first-order valence-electron chi connectivity index (χ1n) is 3.87. The maximum absolute atomic E-state index is 11.4. The fourth-order valence-electron chi connectivity index (χ4n) is 1.09. The van der Waals surface area contributed by atoms with Gasteiger partial charge in [0.1, 0.15) is 0 Å². The van der Waals surface area contributed by atoms with Crippen molar-refractivity contribution >= 4 is 37.4 Å². The lowest BCUT2D eigenvalue weighted by Crippen LogP contribution is -2.17. The minimum absolute atomic E-state index is 0.00868. The maximum atomic E-state index is 11.4. The molecule has 82 valence electrons. The monoisotopic (exact) mass is 292 g/mol. The first-order valence-corrected chi connectivity index (χ1v) is 6.54. The summed E-state index contributed by atoms with van der Waals surface area (Å²) < 4.78 is 22.3. The number of ketones is 1. The Morgan fingerprint density at radius 3 is 2.47 bits per heavy atom. The van der Waals surface area contributed by atoms with Crippen LogP contribution in [-0.4, -0.2) is 19.5 Å². The molecule has 0 saturated carbocycles. The van der Waals surface area contributed by atoms with Crippen LogP contribution in [0.2, 0.25) is 0 Å². The number of Topliss-reactive ketones (excluding diaryl/α,β-unsaturated/α-hetero) is 1. The van der Waals surface area contributed by atoms with Crippen molar-refractivity contribution < 1.29 is 13.2 Å². The molecule has 4 N–H and O–H groups in total. The number of benzene rings is 1. The zero-order valence-corrected chi connectivity index (χ0v) is 10.0. The SMILES string of the molecule is Nc1ccc(S(N)(=O)=O)c(C(=O)CBr)c1. The van der Waals surface area contributed by atoms with Crippen molar-refractivity contribution in [3.63, 3.8) is 0 Å². The van der Waals surface area contributed by atoms with Crippen molar-refractivity contribution in [2.75, 3.05) is 11.1 Å². The lowest BCUT2D eigenvalue weighted by molar-refractivity contribution is 0.102. The van der Waals surface area contributed by atoms with Gasteiger partial charge in [0.05, 0.1) is 10.2 Å². The number of hydrogen-bond acceptors (Lipinski definition) is 4. The summed E-state index contributed by atoms with van der Waals surface area (Å²) in [6.45, 7) is 0. The number of nitrogen functional groups attached to an aromatic ring is 1. The predicted octanol–water partition coefficient (Wildman–Crippen LogP) is 0.494. The van der Waals surface area contributed by atoms with Crippen molar-refractivity contribution in [3.8, 4) is 0 Å². The average Bonchev–Trinajstić information content (AvgIpc) is 2.14. The third kappa shape index (κ3) is 2.77. The lowest BCUT2D eigenvalue weighted by atomic mass is 10.1. The second kappa shape index (κ2) is 4.30. The highest BCUT2D eigenvalue weighted by molar-refractivity contribution is 9.09. The summed E-state index contributed by atoms with van der Waals surface area (Å²) >= 11 is 2.95. The molecule has 0 aliphatic heterocycles. The van der Waals surface area contributed by atoms with Gasteiger partial charge in [-0.2, -0.15) is 0 Å². The third-order valence-corrected chi connectivity index (χ3v) is 3.21. The van der Waals surface area contributed by atoms with E-state index in [1.807, 2.05) is 0 Å². The minimum atomic E-state index is -3.90. The molecule has 0 atom stereocenters. The average molecular weight is 293 g/mol. The van der Waals surface area contributed by atoms with Crippen LogP contribution in [0.1, 0.15) is 10.4 Å². The molecule has 0 fully saturated rings. The van der Waals surface area contributed by atoms with Crippen molar-refractivity contribution in [2.24, 2.45) is 5.14 Å². The van der Waals surface area contributed by atoms with E-state index in [-0.39, 0.29) is 21.6 Å². The summed E-state index contributed by atoms with van der Waals surface area (Å²) in [6.07, 6.45) is 0. The first-order chi connectivity index (χ1) is 6.86. The van der Waals surface area contributed by atoms with E-state index >= 15 is 0 Å². The zero-order valence-electron chi connectivity index (χ0n) is 7.60. The Balaban J connectivity index is 3.47. The van der Waals surface area contributed by atoms with Crippen LogP contribution >= 0.6 is 15.9 Å². The number of rotatable bonds is 3. The number of hydrogen-bond donors (Lipinski definition) is 2. The summed E-state index contributed by atoms with van der Waals surface area (Å²) in [5.74, 6) is -0.383. The number of primary sulfonamides is 1. The maximum Gasteiger partial charge on any atom is 0.238 e. The Labute approximate surface area is 95.6 Å². The van der Waals surface area contributed by atoms with Gasteiger partial charge in [-0.25, -0.2) is 13.6 Å². The first kappa shape index (κ1) is 12.2. The molecule has 0 radical (unpaired) electrons. The fourth-order valence-corrected chi connectivity index (χ4v) is 2.12. The van der Waals surface area contributed by atoms with E-state index in [0.29, 0.717) is 5.69 Å². The number of nitrogens with two attached hydrogens (primary N) is 2. The molecular formula is C8H9BrN2O3S. The van der Waals surface area contributed by atoms with Gasteiger partial charge in [-0.15, -0.1) is 0 Å². The Hall–Kier alpha value is -0.920. The van der Waals surface area contributed by atoms with E-state index in [0.717, 1.165) is 0 Å².